The number of nitro groups is 1. The van der Waals surface area contributed by atoms with Gasteiger partial charge in [0.2, 0.25) is 0 Å². The van der Waals surface area contributed by atoms with E-state index in [0.29, 0.717) is 17.8 Å². The highest BCUT2D eigenvalue weighted by molar-refractivity contribution is 6.34. The van der Waals surface area contributed by atoms with E-state index in [-0.39, 0.29) is 22.2 Å². The number of halogens is 1. The summed E-state index contributed by atoms with van der Waals surface area (Å²) in [4.78, 5) is 38.0. The minimum absolute atomic E-state index is 0.0162. The average Bonchev–Trinajstić information content (AvgIpc) is 2.77. The number of carbonyl (C=O) groups excluding carboxylic acids is 2. The van der Waals surface area contributed by atoms with Crippen LogP contribution in [0, 0.1) is 10.1 Å². The molecule has 0 saturated carbocycles. The van der Waals surface area contributed by atoms with Crippen molar-refractivity contribution in [3.8, 4) is 0 Å². The zero-order valence-corrected chi connectivity index (χ0v) is 18.1. The first-order chi connectivity index (χ1) is 14.9. The van der Waals surface area contributed by atoms with E-state index in [1.54, 1.807) is 12.1 Å². The zero-order chi connectivity index (χ0) is 22.4. The number of nitrogens with one attached hydrogen (secondary N) is 2. The van der Waals surface area contributed by atoms with Crippen LogP contribution >= 0.6 is 11.6 Å². The van der Waals surface area contributed by atoms with Crippen LogP contribution in [0.25, 0.3) is 0 Å². The molecule has 0 atom stereocenters. The molecule has 2 aromatic carbocycles. The molecule has 8 nitrogen and oxygen atoms in total. The van der Waals surface area contributed by atoms with Crippen molar-refractivity contribution < 1.29 is 14.5 Å². The smallest absolute Gasteiger partial charge is 0.270 e. The standard InChI is InChI=1S/C22H25ClN4O4/c1-2-10-24-21(28)18-13-15(6-9-20(18)26-11-4-3-5-12-26)25-22(29)17-8-7-16(27(30)31)14-19(17)23/h6-9,13-14H,2-5,10-12H2,1H3,(H,24,28)(H,25,29). The van der Waals surface area contributed by atoms with E-state index in [2.05, 4.69) is 15.5 Å². The van der Waals surface area contributed by atoms with Crippen molar-refractivity contribution in [2.45, 2.75) is 32.6 Å². The molecule has 1 heterocycles. The number of non-ortho nitro benzene ring substituents is 1. The molecule has 2 amide bonds. The van der Waals surface area contributed by atoms with E-state index in [9.17, 15) is 19.7 Å². The highest BCUT2D eigenvalue weighted by Crippen LogP contribution is 2.28. The first-order valence-electron chi connectivity index (χ1n) is 10.3. The van der Waals surface area contributed by atoms with Crippen LogP contribution in [0.5, 0.6) is 0 Å². The van der Waals surface area contributed by atoms with Crippen LogP contribution in [0.4, 0.5) is 17.1 Å². The van der Waals surface area contributed by atoms with Gasteiger partial charge in [0.25, 0.3) is 17.5 Å². The number of anilines is 2. The van der Waals surface area contributed by atoms with Crippen molar-refractivity contribution in [3.63, 3.8) is 0 Å². The lowest BCUT2D eigenvalue weighted by Gasteiger charge is -2.30. The first kappa shape index (κ1) is 22.6. The van der Waals surface area contributed by atoms with E-state index in [1.165, 1.54) is 18.6 Å². The van der Waals surface area contributed by atoms with Crippen LogP contribution in [-0.2, 0) is 0 Å². The maximum atomic E-state index is 12.8. The molecule has 3 rings (SSSR count). The average molecular weight is 445 g/mol. The number of hydrogen-bond donors (Lipinski definition) is 2. The molecule has 1 aliphatic heterocycles. The minimum atomic E-state index is -0.575. The van der Waals surface area contributed by atoms with Crippen molar-refractivity contribution in [2.24, 2.45) is 0 Å². The Morgan fingerprint density at radius 2 is 1.81 bits per heavy atom. The Labute approximate surface area is 185 Å². The molecular formula is C22H25ClN4O4. The van der Waals surface area contributed by atoms with E-state index >= 15 is 0 Å². The first-order valence-corrected chi connectivity index (χ1v) is 10.7. The van der Waals surface area contributed by atoms with Gasteiger partial charge in [-0.05, 0) is 49.9 Å². The summed E-state index contributed by atoms with van der Waals surface area (Å²) in [5.74, 6) is -0.697. The van der Waals surface area contributed by atoms with Gasteiger partial charge in [-0.2, -0.15) is 0 Å². The Kier molecular flexibility index (Phi) is 7.46. The lowest BCUT2D eigenvalue weighted by molar-refractivity contribution is -0.384. The molecule has 9 heteroatoms. The fourth-order valence-electron chi connectivity index (χ4n) is 3.54. The Morgan fingerprint density at radius 1 is 1.06 bits per heavy atom. The predicted octanol–water partition coefficient (Wildman–Crippen LogP) is 4.63. The number of carbonyl (C=O) groups is 2. The summed E-state index contributed by atoms with van der Waals surface area (Å²) in [5.41, 5.74) is 1.72. The summed E-state index contributed by atoms with van der Waals surface area (Å²) in [6, 6.07) is 8.93. The maximum Gasteiger partial charge on any atom is 0.270 e. The Morgan fingerprint density at radius 3 is 2.45 bits per heavy atom. The molecule has 1 saturated heterocycles. The summed E-state index contributed by atoms with van der Waals surface area (Å²) in [6.07, 6.45) is 4.15. The van der Waals surface area contributed by atoms with E-state index < -0.39 is 10.8 Å². The molecule has 0 bridgehead atoms. The molecule has 2 aromatic rings. The third-order valence-corrected chi connectivity index (χ3v) is 5.45. The molecule has 2 N–H and O–H groups in total. The second-order valence-electron chi connectivity index (χ2n) is 7.41. The van der Waals surface area contributed by atoms with Gasteiger partial charge < -0.3 is 15.5 Å². The van der Waals surface area contributed by atoms with Crippen LogP contribution in [0.1, 0.15) is 53.3 Å². The Balaban J connectivity index is 1.86. The summed E-state index contributed by atoms with van der Waals surface area (Å²) in [6.45, 7) is 4.32. The molecule has 0 aliphatic carbocycles. The van der Waals surface area contributed by atoms with Gasteiger partial charge in [-0.25, -0.2) is 0 Å². The Hall–Kier alpha value is -3.13. The molecule has 0 spiro atoms. The van der Waals surface area contributed by atoms with Crippen molar-refractivity contribution in [3.05, 3.63) is 62.7 Å². The molecular weight excluding hydrogens is 420 g/mol. The van der Waals surface area contributed by atoms with E-state index in [0.717, 1.165) is 44.1 Å². The zero-order valence-electron chi connectivity index (χ0n) is 17.3. The highest BCUT2D eigenvalue weighted by Gasteiger charge is 2.20. The van der Waals surface area contributed by atoms with Gasteiger partial charge in [0, 0.05) is 43.1 Å². The van der Waals surface area contributed by atoms with Crippen LogP contribution in [0.2, 0.25) is 5.02 Å². The van der Waals surface area contributed by atoms with Gasteiger partial charge in [-0.15, -0.1) is 0 Å². The summed E-state index contributed by atoms with van der Waals surface area (Å²) >= 11 is 6.06. The van der Waals surface area contributed by atoms with Crippen LogP contribution in [-0.4, -0.2) is 36.4 Å². The molecule has 1 fully saturated rings. The predicted molar refractivity (Wildman–Crippen MR) is 121 cm³/mol. The lowest BCUT2D eigenvalue weighted by atomic mass is 10.1. The second-order valence-corrected chi connectivity index (χ2v) is 7.82. The molecule has 0 aromatic heterocycles. The maximum absolute atomic E-state index is 12.8. The van der Waals surface area contributed by atoms with Crippen molar-refractivity contribution in [1.29, 1.82) is 0 Å². The molecule has 0 unspecified atom stereocenters. The highest BCUT2D eigenvalue weighted by atomic mass is 35.5. The van der Waals surface area contributed by atoms with Gasteiger partial charge in [-0.3, -0.25) is 19.7 Å². The molecule has 31 heavy (non-hydrogen) atoms. The number of rotatable bonds is 7. The lowest BCUT2D eigenvalue weighted by Crippen LogP contribution is -2.33. The quantitative estimate of drug-likeness (QED) is 0.478. The van der Waals surface area contributed by atoms with E-state index in [1.807, 2.05) is 13.0 Å². The largest absolute Gasteiger partial charge is 0.371 e. The Bertz CT molecular complexity index is 989. The third kappa shape index (κ3) is 5.52. The van der Waals surface area contributed by atoms with Crippen molar-refractivity contribution in [2.75, 3.05) is 29.9 Å². The van der Waals surface area contributed by atoms with Gasteiger partial charge in [0.15, 0.2) is 0 Å². The van der Waals surface area contributed by atoms with Crippen LogP contribution in [0.3, 0.4) is 0 Å². The molecule has 164 valence electrons. The van der Waals surface area contributed by atoms with Crippen LogP contribution in [0.15, 0.2) is 36.4 Å². The fraction of sp³-hybridized carbons (Fsp3) is 0.364. The molecule has 1 aliphatic rings. The molecule has 0 radical (unpaired) electrons. The normalized spacial score (nSPS) is 13.5. The number of hydrogen-bond acceptors (Lipinski definition) is 5. The van der Waals surface area contributed by atoms with Gasteiger partial charge in [0.1, 0.15) is 0 Å². The second kappa shape index (κ2) is 10.3. The summed E-state index contributed by atoms with van der Waals surface area (Å²) in [5, 5.41) is 16.5. The number of nitro benzene ring substituents is 1. The van der Waals surface area contributed by atoms with Gasteiger partial charge in [0.05, 0.1) is 21.1 Å². The summed E-state index contributed by atoms with van der Waals surface area (Å²) < 4.78 is 0. The number of benzene rings is 2. The van der Waals surface area contributed by atoms with Gasteiger partial charge in [-0.1, -0.05) is 18.5 Å². The van der Waals surface area contributed by atoms with Crippen molar-refractivity contribution in [1.82, 2.24) is 5.32 Å². The summed E-state index contributed by atoms with van der Waals surface area (Å²) in [7, 11) is 0. The van der Waals surface area contributed by atoms with Crippen LogP contribution < -0.4 is 15.5 Å². The van der Waals surface area contributed by atoms with E-state index in [4.69, 9.17) is 11.6 Å². The number of amides is 2. The number of piperidine rings is 1. The fourth-order valence-corrected chi connectivity index (χ4v) is 3.80. The number of nitrogens with zero attached hydrogens (tertiary/aromatic N) is 2. The van der Waals surface area contributed by atoms with Gasteiger partial charge >= 0.3 is 0 Å². The monoisotopic (exact) mass is 444 g/mol. The van der Waals surface area contributed by atoms with Crippen molar-refractivity contribution >= 4 is 40.5 Å². The minimum Gasteiger partial charge on any atom is -0.371 e. The topological polar surface area (TPSA) is 105 Å². The SMILES string of the molecule is CCCNC(=O)c1cc(NC(=O)c2ccc([N+](=O)[O-])cc2Cl)ccc1N1CCCCC1. The third-order valence-electron chi connectivity index (χ3n) is 5.14.